The van der Waals surface area contributed by atoms with Crippen LogP contribution < -0.4 is 10.6 Å². The summed E-state index contributed by atoms with van der Waals surface area (Å²) in [6.45, 7) is 1.23. The molecule has 0 bridgehead atoms. The van der Waals surface area contributed by atoms with Gasteiger partial charge in [0, 0.05) is 29.6 Å². The fourth-order valence-electron chi connectivity index (χ4n) is 3.54. The summed E-state index contributed by atoms with van der Waals surface area (Å²) in [6, 6.07) is 11.6. The second-order valence-electron chi connectivity index (χ2n) is 7.15. The van der Waals surface area contributed by atoms with Crippen molar-refractivity contribution in [3.05, 3.63) is 59.4 Å². The van der Waals surface area contributed by atoms with E-state index in [-0.39, 0.29) is 24.4 Å². The first-order chi connectivity index (χ1) is 14.6. The number of H-pyrrole nitrogens is 1. The SMILES string of the molecule is O=C(CO/N=C1/C(c2c(O)[nH]c3ccc(F)cc23)=Nc2ccccc21)NC1CNC1. The van der Waals surface area contributed by atoms with E-state index in [1.54, 1.807) is 12.1 Å². The summed E-state index contributed by atoms with van der Waals surface area (Å²) >= 11 is 0. The molecule has 0 aliphatic carbocycles. The molecule has 2 aromatic carbocycles. The van der Waals surface area contributed by atoms with Crippen molar-refractivity contribution in [3.63, 3.8) is 0 Å². The Balaban J connectivity index is 1.49. The molecule has 9 heteroatoms. The average Bonchev–Trinajstić information content (AvgIpc) is 3.21. The quantitative estimate of drug-likeness (QED) is 0.485. The molecule has 2 aliphatic rings. The number of nitrogens with one attached hydrogen (secondary N) is 3. The molecule has 152 valence electrons. The normalized spacial score (nSPS) is 17.0. The maximum absolute atomic E-state index is 13.9. The van der Waals surface area contributed by atoms with Crippen LogP contribution in [0, 0.1) is 5.82 Å². The number of hydrogen-bond donors (Lipinski definition) is 4. The first kappa shape index (κ1) is 18.3. The Labute approximate surface area is 170 Å². The number of hydrogen-bond acceptors (Lipinski definition) is 6. The van der Waals surface area contributed by atoms with Crippen LogP contribution in [-0.2, 0) is 9.63 Å². The van der Waals surface area contributed by atoms with Crippen LogP contribution in [0.5, 0.6) is 5.88 Å². The van der Waals surface area contributed by atoms with E-state index in [0.29, 0.717) is 39.1 Å². The molecule has 8 nitrogen and oxygen atoms in total. The maximum atomic E-state index is 13.9. The largest absolute Gasteiger partial charge is 0.494 e. The molecule has 1 fully saturated rings. The molecular weight excluding hydrogens is 389 g/mol. The van der Waals surface area contributed by atoms with E-state index in [2.05, 4.69) is 25.8 Å². The Bertz CT molecular complexity index is 1210. The van der Waals surface area contributed by atoms with Crippen molar-refractivity contribution in [1.29, 1.82) is 0 Å². The number of amides is 1. The summed E-state index contributed by atoms with van der Waals surface area (Å²) in [6.07, 6.45) is 0. The lowest BCUT2D eigenvalue weighted by Crippen LogP contribution is -2.57. The highest BCUT2D eigenvalue weighted by molar-refractivity contribution is 6.58. The van der Waals surface area contributed by atoms with Gasteiger partial charge in [0.05, 0.1) is 17.3 Å². The van der Waals surface area contributed by atoms with E-state index in [1.807, 2.05) is 18.2 Å². The molecule has 1 aromatic heterocycles. The fraction of sp³-hybridized carbons (Fsp3) is 0.190. The summed E-state index contributed by atoms with van der Waals surface area (Å²) in [5.74, 6) is -0.853. The van der Waals surface area contributed by atoms with Gasteiger partial charge in [0.15, 0.2) is 12.5 Å². The first-order valence-corrected chi connectivity index (χ1v) is 9.49. The highest BCUT2D eigenvalue weighted by atomic mass is 19.1. The third kappa shape index (κ3) is 3.18. The van der Waals surface area contributed by atoms with Gasteiger partial charge in [0.25, 0.3) is 5.91 Å². The number of aromatic amines is 1. The van der Waals surface area contributed by atoms with E-state index < -0.39 is 5.82 Å². The molecule has 0 atom stereocenters. The molecule has 0 spiro atoms. The van der Waals surface area contributed by atoms with Gasteiger partial charge in [-0.2, -0.15) is 0 Å². The second kappa shape index (κ2) is 7.27. The number of aromatic nitrogens is 1. The van der Waals surface area contributed by atoms with Crippen LogP contribution in [0.2, 0.25) is 0 Å². The molecule has 1 saturated heterocycles. The van der Waals surface area contributed by atoms with Gasteiger partial charge >= 0.3 is 0 Å². The van der Waals surface area contributed by atoms with Gasteiger partial charge in [-0.1, -0.05) is 23.4 Å². The van der Waals surface area contributed by atoms with Crippen LogP contribution in [0.1, 0.15) is 11.1 Å². The molecule has 30 heavy (non-hydrogen) atoms. The predicted molar refractivity (Wildman–Crippen MR) is 110 cm³/mol. The number of carbonyl (C=O) groups excluding carboxylic acids is 1. The predicted octanol–water partition coefficient (Wildman–Crippen LogP) is 1.96. The second-order valence-corrected chi connectivity index (χ2v) is 7.15. The number of aliphatic imine (C=N–C) groups is 1. The van der Waals surface area contributed by atoms with Crippen molar-refractivity contribution in [2.24, 2.45) is 10.1 Å². The van der Waals surface area contributed by atoms with Crippen molar-refractivity contribution in [3.8, 4) is 5.88 Å². The van der Waals surface area contributed by atoms with E-state index >= 15 is 0 Å². The number of benzene rings is 2. The summed E-state index contributed by atoms with van der Waals surface area (Å²) in [7, 11) is 0. The Hall–Kier alpha value is -3.72. The minimum Gasteiger partial charge on any atom is -0.494 e. The number of para-hydroxylation sites is 1. The molecule has 5 rings (SSSR count). The Kier molecular flexibility index (Phi) is 4.44. The van der Waals surface area contributed by atoms with E-state index in [1.165, 1.54) is 12.1 Å². The molecule has 2 aliphatic heterocycles. The number of fused-ring (bicyclic) bond motifs is 2. The number of aromatic hydroxyl groups is 1. The van der Waals surface area contributed by atoms with Gasteiger partial charge in [-0.05, 0) is 24.3 Å². The molecule has 3 aromatic rings. The van der Waals surface area contributed by atoms with Crippen molar-refractivity contribution >= 4 is 33.9 Å². The van der Waals surface area contributed by atoms with Gasteiger partial charge in [0.1, 0.15) is 17.2 Å². The number of nitrogens with zero attached hydrogens (tertiary/aromatic N) is 2. The number of carbonyl (C=O) groups is 1. The van der Waals surface area contributed by atoms with Gasteiger partial charge in [0.2, 0.25) is 0 Å². The zero-order valence-electron chi connectivity index (χ0n) is 15.8. The highest BCUT2D eigenvalue weighted by Crippen LogP contribution is 2.35. The maximum Gasteiger partial charge on any atom is 0.261 e. The zero-order chi connectivity index (χ0) is 20.7. The van der Waals surface area contributed by atoms with Gasteiger partial charge < -0.3 is 25.6 Å². The summed E-state index contributed by atoms with van der Waals surface area (Å²) < 4.78 is 13.9. The van der Waals surface area contributed by atoms with Crippen LogP contribution >= 0.6 is 0 Å². The number of rotatable bonds is 5. The molecule has 4 N–H and O–H groups in total. The first-order valence-electron chi connectivity index (χ1n) is 9.49. The van der Waals surface area contributed by atoms with Crippen LogP contribution in [0.3, 0.4) is 0 Å². The zero-order valence-corrected chi connectivity index (χ0v) is 15.8. The third-order valence-corrected chi connectivity index (χ3v) is 5.09. The van der Waals surface area contributed by atoms with Crippen molar-refractivity contribution in [2.45, 2.75) is 6.04 Å². The number of halogens is 1. The van der Waals surface area contributed by atoms with Gasteiger partial charge in [-0.3, -0.25) is 4.79 Å². The smallest absolute Gasteiger partial charge is 0.261 e. The van der Waals surface area contributed by atoms with E-state index in [0.717, 1.165) is 13.1 Å². The topological polar surface area (TPSA) is 111 Å². The molecule has 3 heterocycles. The monoisotopic (exact) mass is 407 g/mol. The van der Waals surface area contributed by atoms with Crippen LogP contribution in [0.4, 0.5) is 10.1 Å². The summed E-state index contributed by atoms with van der Waals surface area (Å²) in [4.78, 5) is 24.7. The van der Waals surface area contributed by atoms with Crippen molar-refractivity contribution in [1.82, 2.24) is 15.6 Å². The Morgan fingerprint density at radius 3 is 2.93 bits per heavy atom. The Morgan fingerprint density at radius 2 is 2.13 bits per heavy atom. The van der Waals surface area contributed by atoms with Crippen molar-refractivity contribution in [2.75, 3.05) is 19.7 Å². The number of oxime groups is 1. The minimum absolute atomic E-state index is 0.108. The highest BCUT2D eigenvalue weighted by Gasteiger charge is 2.29. The summed E-state index contributed by atoms with van der Waals surface area (Å²) in [5.41, 5.74) is 2.94. The fourth-order valence-corrected chi connectivity index (χ4v) is 3.54. The standard InChI is InChI=1S/C21H18FN5O3/c22-11-5-6-16-14(7-11)18(21(29)26-16)20-19(13-3-1-2-4-15(13)25-20)27-30-10-17(28)24-12-8-23-9-12/h1-7,12,23,26,29H,8-10H2,(H,24,28)/b27-19+. The summed E-state index contributed by atoms with van der Waals surface area (Å²) in [5, 5.41) is 21.0. The van der Waals surface area contributed by atoms with Crippen LogP contribution in [0.15, 0.2) is 52.6 Å². The van der Waals surface area contributed by atoms with Gasteiger partial charge in [-0.25, -0.2) is 9.38 Å². The lowest BCUT2D eigenvalue weighted by molar-refractivity contribution is -0.126. The average molecular weight is 407 g/mol. The third-order valence-electron chi connectivity index (χ3n) is 5.09. The minimum atomic E-state index is -0.434. The van der Waals surface area contributed by atoms with Crippen molar-refractivity contribution < 1.29 is 19.1 Å². The Morgan fingerprint density at radius 1 is 1.30 bits per heavy atom. The van der Waals surface area contributed by atoms with Crippen LogP contribution in [-0.4, -0.2) is 53.2 Å². The van der Waals surface area contributed by atoms with E-state index in [9.17, 15) is 14.3 Å². The lowest BCUT2D eigenvalue weighted by atomic mass is 10.0. The van der Waals surface area contributed by atoms with E-state index in [4.69, 9.17) is 4.84 Å². The van der Waals surface area contributed by atoms with Crippen LogP contribution in [0.25, 0.3) is 10.9 Å². The molecule has 0 saturated carbocycles. The molecular formula is C21H18FN5O3. The van der Waals surface area contributed by atoms with Gasteiger partial charge in [-0.15, -0.1) is 0 Å². The molecule has 0 unspecified atom stereocenters. The molecule has 0 radical (unpaired) electrons. The molecule has 1 amide bonds. The lowest BCUT2D eigenvalue weighted by Gasteiger charge is -2.27.